The van der Waals surface area contributed by atoms with Gasteiger partial charge in [0.1, 0.15) is 5.82 Å². The highest BCUT2D eigenvalue weighted by molar-refractivity contribution is 5.92. The average Bonchev–Trinajstić information content (AvgIpc) is 2.91. The Morgan fingerprint density at radius 2 is 2.14 bits per heavy atom. The molecule has 0 aliphatic carbocycles. The van der Waals surface area contributed by atoms with Gasteiger partial charge in [0.2, 0.25) is 17.2 Å². The number of hydrogen-bond donors (Lipinski definition) is 0. The number of halogens is 1. The molecule has 0 aliphatic rings. The fourth-order valence-corrected chi connectivity index (χ4v) is 1.93. The van der Waals surface area contributed by atoms with Gasteiger partial charge in [0.25, 0.3) is 0 Å². The van der Waals surface area contributed by atoms with Crippen LogP contribution in [0.2, 0.25) is 0 Å². The average molecular weight is 307 g/mol. The Labute approximate surface area is 128 Å². The van der Waals surface area contributed by atoms with E-state index < -0.39 is 11.8 Å². The van der Waals surface area contributed by atoms with Gasteiger partial charge in [0, 0.05) is 0 Å². The molecule has 118 valence electrons. The van der Waals surface area contributed by atoms with Gasteiger partial charge in [-0.2, -0.15) is 0 Å². The summed E-state index contributed by atoms with van der Waals surface area (Å²) in [6.07, 6.45) is 0.725. The normalized spacial score (nSPS) is 10.5. The molecule has 0 unspecified atom stereocenters. The molecule has 0 saturated carbocycles. The molecule has 1 aromatic heterocycles. The van der Waals surface area contributed by atoms with Crippen molar-refractivity contribution in [2.24, 2.45) is 0 Å². The van der Waals surface area contributed by atoms with E-state index in [9.17, 15) is 9.18 Å². The zero-order valence-corrected chi connectivity index (χ0v) is 12.8. The molecule has 2 rings (SSSR count). The number of aromatic nitrogens is 1. The van der Waals surface area contributed by atoms with Gasteiger partial charge in [0.15, 0.2) is 0 Å². The summed E-state index contributed by atoms with van der Waals surface area (Å²) in [4.78, 5) is 11.9. The maximum absolute atomic E-state index is 14.1. The second-order valence-electron chi connectivity index (χ2n) is 4.74. The van der Waals surface area contributed by atoms with E-state index in [-0.39, 0.29) is 29.4 Å². The molecule has 22 heavy (non-hydrogen) atoms. The van der Waals surface area contributed by atoms with Crippen LogP contribution in [0.25, 0.3) is 11.3 Å². The summed E-state index contributed by atoms with van der Waals surface area (Å²) in [6, 6.07) is 4.60. The van der Waals surface area contributed by atoms with Gasteiger partial charge in [-0.25, -0.2) is 9.18 Å². The van der Waals surface area contributed by atoms with E-state index in [1.807, 2.05) is 13.8 Å². The number of carbonyl (C=O) groups is 1. The number of hydrogen-bond acceptors (Lipinski definition) is 5. The lowest BCUT2D eigenvalue weighted by Gasteiger charge is -2.07. The van der Waals surface area contributed by atoms with Crippen molar-refractivity contribution in [1.29, 1.82) is 0 Å². The van der Waals surface area contributed by atoms with Gasteiger partial charge in [0.05, 0.1) is 18.8 Å². The van der Waals surface area contributed by atoms with Crippen molar-refractivity contribution >= 4 is 5.97 Å². The van der Waals surface area contributed by atoms with Gasteiger partial charge in [-0.1, -0.05) is 23.7 Å². The van der Waals surface area contributed by atoms with Crippen LogP contribution in [-0.4, -0.2) is 24.3 Å². The number of ether oxygens (including phenoxy) is 2. The van der Waals surface area contributed by atoms with Crippen molar-refractivity contribution in [3.63, 3.8) is 0 Å². The first-order valence-corrected chi connectivity index (χ1v) is 7.14. The quantitative estimate of drug-likeness (QED) is 0.760. The molecule has 0 N–H and O–H groups in total. The third kappa shape index (κ3) is 3.27. The predicted octanol–water partition coefficient (Wildman–Crippen LogP) is 3.75. The predicted molar refractivity (Wildman–Crippen MR) is 78.4 cm³/mol. The van der Waals surface area contributed by atoms with Gasteiger partial charge in [-0.15, -0.1) is 0 Å². The number of nitrogens with zero attached hydrogens (tertiary/aromatic N) is 1. The molecule has 0 radical (unpaired) electrons. The van der Waals surface area contributed by atoms with Crippen molar-refractivity contribution in [2.75, 3.05) is 13.2 Å². The Kier molecular flexibility index (Phi) is 5.14. The number of esters is 1. The summed E-state index contributed by atoms with van der Waals surface area (Å²) in [6.45, 7) is 6.00. The van der Waals surface area contributed by atoms with Crippen LogP contribution in [0.3, 0.4) is 0 Å². The molecule has 0 fully saturated rings. The Balaban J connectivity index is 2.51. The van der Waals surface area contributed by atoms with E-state index >= 15 is 0 Å². The first-order valence-electron chi connectivity index (χ1n) is 7.14. The number of carbonyl (C=O) groups excluding carboxylic acids is 1. The highest BCUT2D eigenvalue weighted by atomic mass is 19.1. The maximum atomic E-state index is 14.1. The van der Waals surface area contributed by atoms with Crippen molar-refractivity contribution in [2.45, 2.75) is 27.2 Å². The lowest BCUT2D eigenvalue weighted by atomic mass is 10.1. The van der Waals surface area contributed by atoms with Crippen molar-refractivity contribution in [1.82, 2.24) is 5.16 Å². The largest absolute Gasteiger partial charge is 0.487 e. The van der Waals surface area contributed by atoms with E-state index in [0.717, 1.165) is 12.0 Å². The van der Waals surface area contributed by atoms with Gasteiger partial charge < -0.3 is 14.0 Å². The zero-order valence-electron chi connectivity index (χ0n) is 12.8. The summed E-state index contributed by atoms with van der Waals surface area (Å²) in [5.74, 6) is -0.919. The molecule has 1 aromatic carbocycles. The second-order valence-corrected chi connectivity index (χ2v) is 4.74. The van der Waals surface area contributed by atoms with Crippen LogP contribution in [0.15, 0.2) is 22.7 Å². The summed E-state index contributed by atoms with van der Waals surface area (Å²) < 4.78 is 29.7. The van der Waals surface area contributed by atoms with E-state index in [2.05, 4.69) is 5.16 Å². The van der Waals surface area contributed by atoms with Crippen LogP contribution >= 0.6 is 0 Å². The van der Waals surface area contributed by atoms with E-state index in [1.165, 1.54) is 6.07 Å². The Hall–Kier alpha value is -2.37. The summed E-state index contributed by atoms with van der Waals surface area (Å²) in [7, 11) is 0. The van der Waals surface area contributed by atoms with E-state index in [1.54, 1.807) is 19.1 Å². The SMILES string of the molecule is CCCOc1c(C(=O)OCC)noc1-c1cc(C)ccc1F. The smallest absolute Gasteiger partial charge is 0.364 e. The highest BCUT2D eigenvalue weighted by Gasteiger charge is 2.27. The van der Waals surface area contributed by atoms with E-state index in [0.29, 0.717) is 6.61 Å². The van der Waals surface area contributed by atoms with Crippen molar-refractivity contribution in [3.8, 4) is 17.1 Å². The van der Waals surface area contributed by atoms with Crippen LogP contribution in [0.5, 0.6) is 5.75 Å². The van der Waals surface area contributed by atoms with Crippen LogP contribution in [0, 0.1) is 12.7 Å². The molecule has 1 heterocycles. The second kappa shape index (κ2) is 7.06. The van der Waals surface area contributed by atoms with Crippen LogP contribution in [0.4, 0.5) is 4.39 Å². The highest BCUT2D eigenvalue weighted by Crippen LogP contribution is 2.35. The summed E-state index contributed by atoms with van der Waals surface area (Å²) >= 11 is 0. The molecule has 0 spiro atoms. The molecule has 6 heteroatoms. The van der Waals surface area contributed by atoms with Crippen molar-refractivity contribution in [3.05, 3.63) is 35.3 Å². The molecular weight excluding hydrogens is 289 g/mol. The van der Waals surface area contributed by atoms with Crippen LogP contribution in [-0.2, 0) is 4.74 Å². The fraction of sp³-hybridized carbons (Fsp3) is 0.375. The Bertz CT molecular complexity index is 666. The molecule has 0 atom stereocenters. The zero-order chi connectivity index (χ0) is 16.1. The number of rotatable bonds is 6. The van der Waals surface area contributed by atoms with Gasteiger partial charge in [-0.05, 0) is 32.4 Å². The fourth-order valence-electron chi connectivity index (χ4n) is 1.93. The minimum absolute atomic E-state index is 0.0776. The Morgan fingerprint density at radius 3 is 2.82 bits per heavy atom. The maximum Gasteiger partial charge on any atom is 0.364 e. The molecular formula is C16H18FNO4. The first kappa shape index (κ1) is 16.0. The topological polar surface area (TPSA) is 61.6 Å². The Morgan fingerprint density at radius 1 is 1.36 bits per heavy atom. The monoisotopic (exact) mass is 307 g/mol. The third-order valence-corrected chi connectivity index (χ3v) is 2.94. The van der Waals surface area contributed by atoms with Gasteiger partial charge in [-0.3, -0.25) is 0 Å². The summed E-state index contributed by atoms with van der Waals surface area (Å²) in [5, 5.41) is 3.69. The van der Waals surface area contributed by atoms with Crippen LogP contribution in [0.1, 0.15) is 36.3 Å². The molecule has 0 amide bonds. The van der Waals surface area contributed by atoms with Gasteiger partial charge >= 0.3 is 5.97 Å². The summed E-state index contributed by atoms with van der Waals surface area (Å²) in [5.41, 5.74) is 0.979. The lowest BCUT2D eigenvalue weighted by Crippen LogP contribution is -2.08. The van der Waals surface area contributed by atoms with Crippen LogP contribution < -0.4 is 4.74 Å². The minimum atomic E-state index is -0.656. The third-order valence-electron chi connectivity index (χ3n) is 2.94. The standard InChI is InChI=1S/C16H18FNO4/c1-4-8-21-15-13(16(19)20-5-2)18-22-14(15)11-9-10(3)6-7-12(11)17/h6-7,9H,4-5,8H2,1-3H3. The minimum Gasteiger partial charge on any atom is -0.487 e. The molecule has 5 nitrogen and oxygen atoms in total. The first-order chi connectivity index (χ1) is 10.6. The number of benzene rings is 1. The van der Waals surface area contributed by atoms with E-state index in [4.69, 9.17) is 14.0 Å². The molecule has 0 aliphatic heterocycles. The lowest BCUT2D eigenvalue weighted by molar-refractivity contribution is 0.0510. The van der Waals surface area contributed by atoms with Crippen molar-refractivity contribution < 1.29 is 23.2 Å². The number of aryl methyl sites for hydroxylation is 1. The molecule has 0 saturated heterocycles. The molecule has 0 bridgehead atoms. The molecule has 2 aromatic rings.